The van der Waals surface area contributed by atoms with Gasteiger partial charge in [0.05, 0.1) is 6.04 Å². The van der Waals surface area contributed by atoms with E-state index in [-0.39, 0.29) is 24.0 Å². The smallest absolute Gasteiger partial charge is 0.188 e. The summed E-state index contributed by atoms with van der Waals surface area (Å²) in [4.78, 5) is 7.83. The highest BCUT2D eigenvalue weighted by atomic mass is 127. The molecule has 0 aliphatic rings. The Balaban J connectivity index is 0.00000324. The topological polar surface area (TPSA) is 53.6 Å². The van der Waals surface area contributed by atoms with Crippen LogP contribution < -0.4 is 11.1 Å². The number of nitrogens with two attached hydrogens (primary N) is 1. The summed E-state index contributed by atoms with van der Waals surface area (Å²) >= 11 is 1.77. The van der Waals surface area contributed by atoms with Crippen LogP contribution in [0.5, 0.6) is 0 Å². The van der Waals surface area contributed by atoms with Crippen molar-refractivity contribution in [3.8, 4) is 0 Å². The van der Waals surface area contributed by atoms with E-state index in [9.17, 15) is 0 Å². The molecule has 0 aliphatic carbocycles. The molecule has 0 saturated heterocycles. The van der Waals surface area contributed by atoms with Crippen molar-refractivity contribution in [1.82, 2.24) is 10.2 Å². The molecule has 0 saturated carbocycles. The number of thiophene rings is 1. The molecule has 0 spiro atoms. The Morgan fingerprint density at radius 3 is 2.63 bits per heavy atom. The van der Waals surface area contributed by atoms with Gasteiger partial charge in [0, 0.05) is 18.0 Å². The van der Waals surface area contributed by atoms with Gasteiger partial charge >= 0.3 is 0 Å². The number of hydrogen-bond donors (Lipinski definition) is 2. The lowest BCUT2D eigenvalue weighted by Gasteiger charge is -2.23. The monoisotopic (exact) mass is 396 g/mol. The van der Waals surface area contributed by atoms with Crippen molar-refractivity contribution in [1.29, 1.82) is 0 Å². The third kappa shape index (κ3) is 7.12. The van der Waals surface area contributed by atoms with Crippen molar-refractivity contribution < 1.29 is 0 Å². The van der Waals surface area contributed by atoms with E-state index >= 15 is 0 Å². The molecule has 3 N–H and O–H groups in total. The molecule has 1 aromatic rings. The molecule has 0 amide bonds. The maximum atomic E-state index is 5.85. The van der Waals surface area contributed by atoms with Crippen LogP contribution >= 0.6 is 35.3 Å². The molecule has 0 bridgehead atoms. The van der Waals surface area contributed by atoms with Crippen molar-refractivity contribution in [2.45, 2.75) is 19.9 Å². The highest BCUT2D eigenvalue weighted by molar-refractivity contribution is 14.0. The number of guanidine groups is 1. The molecule has 1 atom stereocenters. The zero-order valence-corrected chi connectivity index (χ0v) is 15.2. The fourth-order valence-corrected chi connectivity index (χ4v) is 2.48. The summed E-state index contributed by atoms with van der Waals surface area (Å²) < 4.78 is 0. The molecular formula is C13H25IN4S. The summed E-state index contributed by atoms with van der Waals surface area (Å²) in [6, 6.07) is 4.56. The number of rotatable bonds is 6. The Morgan fingerprint density at radius 1 is 1.47 bits per heavy atom. The van der Waals surface area contributed by atoms with Gasteiger partial charge in [-0.2, -0.15) is 0 Å². The average Bonchev–Trinajstić information content (AvgIpc) is 2.79. The zero-order chi connectivity index (χ0) is 13.5. The maximum absolute atomic E-state index is 5.85. The number of likely N-dealkylation sites (N-methyl/N-ethyl adjacent to an activating group) is 1. The second-order valence-corrected chi connectivity index (χ2v) is 5.97. The van der Waals surface area contributed by atoms with Crippen LogP contribution in [-0.4, -0.2) is 38.0 Å². The van der Waals surface area contributed by atoms with Crippen LogP contribution in [0.15, 0.2) is 22.5 Å². The molecule has 1 heterocycles. The van der Waals surface area contributed by atoms with Crippen LogP contribution in [-0.2, 0) is 0 Å². The van der Waals surface area contributed by atoms with E-state index in [1.165, 1.54) is 4.88 Å². The number of halogens is 1. The molecule has 6 heteroatoms. The van der Waals surface area contributed by atoms with E-state index in [1.807, 2.05) is 0 Å². The van der Waals surface area contributed by atoms with E-state index in [4.69, 9.17) is 5.73 Å². The maximum Gasteiger partial charge on any atom is 0.188 e. The Hall–Kier alpha value is -0.340. The molecule has 1 aromatic heterocycles. The Labute approximate surface area is 137 Å². The summed E-state index contributed by atoms with van der Waals surface area (Å²) in [7, 11) is 4.15. The van der Waals surface area contributed by atoms with Crippen LogP contribution in [0.25, 0.3) is 0 Å². The van der Waals surface area contributed by atoms with Crippen molar-refractivity contribution >= 4 is 41.3 Å². The Kier molecular flexibility index (Phi) is 9.38. The molecule has 1 unspecified atom stereocenters. The SMILES string of the molecule is CC(C)CN=C(N)NCC(c1cccs1)N(C)C.I. The van der Waals surface area contributed by atoms with Crippen LogP contribution in [0, 0.1) is 5.92 Å². The van der Waals surface area contributed by atoms with E-state index in [0.29, 0.717) is 17.9 Å². The van der Waals surface area contributed by atoms with Gasteiger partial charge in [0.15, 0.2) is 5.96 Å². The minimum absolute atomic E-state index is 0. The third-order valence-corrected chi connectivity index (χ3v) is 3.57. The quantitative estimate of drug-likeness (QED) is 0.442. The van der Waals surface area contributed by atoms with Gasteiger partial charge in [-0.25, -0.2) is 0 Å². The van der Waals surface area contributed by atoms with Crippen LogP contribution in [0.1, 0.15) is 24.8 Å². The Bertz CT molecular complexity index is 363. The Morgan fingerprint density at radius 2 is 2.16 bits per heavy atom. The summed E-state index contributed by atoms with van der Waals surface area (Å²) in [5.74, 6) is 1.07. The first-order valence-electron chi connectivity index (χ1n) is 6.24. The molecule has 0 aliphatic heterocycles. The lowest BCUT2D eigenvalue weighted by Crippen LogP contribution is -2.38. The molecular weight excluding hydrogens is 371 g/mol. The second-order valence-electron chi connectivity index (χ2n) is 5.00. The minimum Gasteiger partial charge on any atom is -0.370 e. The third-order valence-electron chi connectivity index (χ3n) is 2.60. The molecule has 19 heavy (non-hydrogen) atoms. The fourth-order valence-electron chi connectivity index (χ4n) is 1.56. The van der Waals surface area contributed by atoms with Crippen molar-refractivity contribution in [2.75, 3.05) is 27.2 Å². The van der Waals surface area contributed by atoms with Gasteiger partial charge < -0.3 is 16.0 Å². The lowest BCUT2D eigenvalue weighted by molar-refractivity contribution is 0.303. The predicted molar refractivity (Wildman–Crippen MR) is 95.5 cm³/mol. The number of nitrogens with one attached hydrogen (secondary N) is 1. The summed E-state index contributed by atoms with van der Waals surface area (Å²) in [5, 5.41) is 5.30. The van der Waals surface area contributed by atoms with Gasteiger partial charge in [0.1, 0.15) is 0 Å². The van der Waals surface area contributed by atoms with Gasteiger partial charge in [0.25, 0.3) is 0 Å². The van der Waals surface area contributed by atoms with E-state index in [0.717, 1.165) is 13.1 Å². The van der Waals surface area contributed by atoms with Gasteiger partial charge in [-0.3, -0.25) is 4.99 Å². The van der Waals surface area contributed by atoms with Crippen molar-refractivity contribution in [2.24, 2.45) is 16.6 Å². The van der Waals surface area contributed by atoms with E-state index in [2.05, 4.69) is 60.7 Å². The average molecular weight is 396 g/mol. The second kappa shape index (κ2) is 9.55. The highest BCUT2D eigenvalue weighted by Crippen LogP contribution is 2.22. The van der Waals surface area contributed by atoms with Crippen molar-refractivity contribution in [3.05, 3.63) is 22.4 Å². The molecule has 4 nitrogen and oxygen atoms in total. The predicted octanol–water partition coefficient (Wildman–Crippen LogP) is 2.53. The van der Waals surface area contributed by atoms with Gasteiger partial charge in [0.2, 0.25) is 0 Å². The summed E-state index contributed by atoms with van der Waals surface area (Å²) in [6.07, 6.45) is 0. The minimum atomic E-state index is 0. The van der Waals surface area contributed by atoms with Crippen LogP contribution in [0.4, 0.5) is 0 Å². The number of nitrogens with zero attached hydrogens (tertiary/aromatic N) is 2. The van der Waals surface area contributed by atoms with Gasteiger partial charge in [-0.05, 0) is 31.5 Å². The first kappa shape index (κ1) is 18.7. The number of aliphatic imine (C=N–C) groups is 1. The van der Waals surface area contributed by atoms with Crippen LogP contribution in [0.2, 0.25) is 0 Å². The molecule has 110 valence electrons. The van der Waals surface area contributed by atoms with Gasteiger partial charge in [-0.1, -0.05) is 19.9 Å². The van der Waals surface area contributed by atoms with Gasteiger partial charge in [-0.15, -0.1) is 35.3 Å². The molecule has 1 rings (SSSR count). The lowest BCUT2D eigenvalue weighted by atomic mass is 10.2. The summed E-state index contributed by atoms with van der Waals surface area (Å²) in [6.45, 7) is 5.81. The number of hydrogen-bond acceptors (Lipinski definition) is 3. The molecule has 0 aromatic carbocycles. The largest absolute Gasteiger partial charge is 0.370 e. The zero-order valence-electron chi connectivity index (χ0n) is 12.1. The highest BCUT2D eigenvalue weighted by Gasteiger charge is 2.14. The van der Waals surface area contributed by atoms with Crippen LogP contribution in [0.3, 0.4) is 0 Å². The van der Waals surface area contributed by atoms with E-state index in [1.54, 1.807) is 11.3 Å². The molecule has 0 radical (unpaired) electrons. The normalized spacial score (nSPS) is 13.5. The standard InChI is InChI=1S/C13H24N4S.HI/c1-10(2)8-15-13(14)16-9-11(17(3)4)12-6-5-7-18-12;/h5-7,10-11H,8-9H2,1-4H3,(H3,14,15,16);1H. The fraction of sp³-hybridized carbons (Fsp3) is 0.615. The first-order valence-corrected chi connectivity index (χ1v) is 7.12. The van der Waals surface area contributed by atoms with E-state index < -0.39 is 0 Å². The first-order chi connectivity index (χ1) is 8.50. The summed E-state index contributed by atoms with van der Waals surface area (Å²) in [5.41, 5.74) is 5.85. The molecule has 0 fully saturated rings. The van der Waals surface area contributed by atoms with Crippen molar-refractivity contribution in [3.63, 3.8) is 0 Å².